The van der Waals surface area contributed by atoms with Crippen LogP contribution >= 0.6 is 0 Å². The van der Waals surface area contributed by atoms with E-state index in [9.17, 15) is 8.42 Å². The molecule has 1 aliphatic rings. The van der Waals surface area contributed by atoms with Crippen LogP contribution in [0.4, 0.5) is 0 Å². The van der Waals surface area contributed by atoms with Crippen molar-refractivity contribution in [2.24, 2.45) is 0 Å². The topological polar surface area (TPSA) is 67.9 Å². The van der Waals surface area contributed by atoms with E-state index in [0.29, 0.717) is 19.2 Å². The average Bonchev–Trinajstić information content (AvgIpc) is 3.05. The molecule has 0 aromatic heterocycles. The summed E-state index contributed by atoms with van der Waals surface area (Å²) >= 11 is 0. The summed E-state index contributed by atoms with van der Waals surface area (Å²) in [6.45, 7) is 14.2. The van der Waals surface area contributed by atoms with Crippen molar-refractivity contribution in [1.29, 1.82) is 0 Å². The Kier molecular flexibility index (Phi) is 7.36. The van der Waals surface area contributed by atoms with Crippen molar-refractivity contribution in [2.75, 3.05) is 33.2 Å². The molecule has 0 amide bonds. The first-order valence-electron chi connectivity index (χ1n) is 9.80. The van der Waals surface area contributed by atoms with Crippen molar-refractivity contribution in [3.05, 3.63) is 29.3 Å². The Labute approximate surface area is 171 Å². The number of ether oxygens (including phenoxy) is 1. The van der Waals surface area contributed by atoms with Crippen molar-refractivity contribution in [1.82, 2.24) is 9.62 Å². The Balaban J connectivity index is 2.09. The number of hydrogen-bond donors (Lipinski definition) is 1. The Morgan fingerprint density at radius 1 is 1.29 bits per heavy atom. The zero-order valence-corrected chi connectivity index (χ0v) is 20.1. The van der Waals surface area contributed by atoms with Gasteiger partial charge in [-0.2, -0.15) is 0 Å². The molecule has 2 rings (SSSR count). The maximum atomic E-state index is 11.5. The van der Waals surface area contributed by atoms with Crippen molar-refractivity contribution >= 4 is 18.3 Å². The number of rotatable bonds is 8. The van der Waals surface area contributed by atoms with Gasteiger partial charge in [-0.25, -0.2) is 13.1 Å². The highest BCUT2D eigenvalue weighted by Gasteiger charge is 2.38. The maximum Gasteiger partial charge on any atom is 0.209 e. The van der Waals surface area contributed by atoms with Gasteiger partial charge in [0.05, 0.1) is 20.1 Å². The fraction of sp³-hybridized carbons (Fsp3) is 0.700. The van der Waals surface area contributed by atoms with E-state index in [1.54, 1.807) is 7.11 Å². The van der Waals surface area contributed by atoms with E-state index in [4.69, 9.17) is 9.16 Å². The SMILES string of the molecule is COc1ccc(CNS(C)(=O)=O)c([C@@H]2CCN(CO[Si](C)(C)C(C)(C)C)C2)c1. The molecule has 0 saturated carbocycles. The zero-order valence-electron chi connectivity index (χ0n) is 18.3. The molecule has 1 aromatic rings. The van der Waals surface area contributed by atoms with Gasteiger partial charge in [-0.1, -0.05) is 26.8 Å². The highest BCUT2D eigenvalue weighted by molar-refractivity contribution is 7.88. The molecule has 1 fully saturated rings. The van der Waals surface area contributed by atoms with E-state index in [0.717, 1.165) is 36.4 Å². The number of benzene rings is 1. The minimum Gasteiger partial charge on any atom is -0.497 e. The molecular formula is C20H36N2O4SSi. The zero-order chi connectivity index (χ0) is 21.2. The summed E-state index contributed by atoms with van der Waals surface area (Å²) < 4.78 is 37.4. The Bertz CT molecular complexity index is 775. The largest absolute Gasteiger partial charge is 0.497 e. The molecule has 1 saturated heterocycles. The van der Waals surface area contributed by atoms with Crippen molar-refractivity contribution in [2.45, 2.75) is 57.8 Å². The molecule has 0 bridgehead atoms. The summed E-state index contributed by atoms with van der Waals surface area (Å²) in [7, 11) is -3.35. The number of nitrogens with zero attached hydrogens (tertiary/aromatic N) is 1. The molecule has 160 valence electrons. The van der Waals surface area contributed by atoms with Crippen LogP contribution in [-0.4, -0.2) is 54.8 Å². The first kappa shape index (κ1) is 23.3. The van der Waals surface area contributed by atoms with E-state index in [-0.39, 0.29) is 5.04 Å². The van der Waals surface area contributed by atoms with Crippen LogP contribution in [0, 0.1) is 0 Å². The smallest absolute Gasteiger partial charge is 0.209 e. The molecule has 1 atom stereocenters. The average molecular weight is 429 g/mol. The third-order valence-electron chi connectivity index (χ3n) is 6.00. The summed E-state index contributed by atoms with van der Waals surface area (Å²) in [4.78, 5) is 2.36. The van der Waals surface area contributed by atoms with Crippen LogP contribution in [0.15, 0.2) is 18.2 Å². The van der Waals surface area contributed by atoms with Crippen LogP contribution in [0.25, 0.3) is 0 Å². The van der Waals surface area contributed by atoms with Crippen molar-refractivity contribution in [3.63, 3.8) is 0 Å². The molecule has 0 spiro atoms. The van der Waals surface area contributed by atoms with Gasteiger partial charge in [0, 0.05) is 19.6 Å². The number of sulfonamides is 1. The third kappa shape index (κ3) is 6.28. The summed E-state index contributed by atoms with van der Waals surface area (Å²) in [5.74, 6) is 1.14. The van der Waals surface area contributed by atoms with Gasteiger partial charge in [0.1, 0.15) is 5.75 Å². The number of methoxy groups -OCH3 is 1. The van der Waals surface area contributed by atoms with Gasteiger partial charge in [-0.3, -0.25) is 4.90 Å². The van der Waals surface area contributed by atoms with Crippen LogP contribution in [0.3, 0.4) is 0 Å². The van der Waals surface area contributed by atoms with Gasteiger partial charge in [-0.05, 0) is 53.7 Å². The van der Waals surface area contributed by atoms with Gasteiger partial charge in [0.25, 0.3) is 0 Å². The lowest BCUT2D eigenvalue weighted by molar-refractivity contribution is 0.136. The van der Waals surface area contributed by atoms with Crippen LogP contribution in [0.1, 0.15) is 44.2 Å². The Morgan fingerprint density at radius 3 is 2.54 bits per heavy atom. The highest BCUT2D eigenvalue weighted by atomic mass is 32.2. The van der Waals surface area contributed by atoms with Gasteiger partial charge < -0.3 is 9.16 Å². The Morgan fingerprint density at radius 2 is 1.96 bits per heavy atom. The van der Waals surface area contributed by atoms with Crippen LogP contribution < -0.4 is 9.46 Å². The third-order valence-corrected chi connectivity index (χ3v) is 11.1. The molecule has 28 heavy (non-hydrogen) atoms. The fourth-order valence-corrected chi connectivity index (χ4v) is 4.48. The van der Waals surface area contributed by atoms with E-state index in [1.165, 1.54) is 6.26 Å². The second-order valence-corrected chi connectivity index (χ2v) is 15.9. The quantitative estimate of drug-likeness (QED) is 0.642. The summed E-state index contributed by atoms with van der Waals surface area (Å²) in [6, 6.07) is 5.89. The standard InChI is InChI=1S/C20H36N2O4SSi/c1-20(2,3)28(6,7)26-15-22-11-10-17(14-22)19-12-18(25-4)9-8-16(19)13-21-27(5,23)24/h8-9,12,17,21H,10-11,13-15H2,1-7H3/t17-/m1/s1. The van der Waals surface area contributed by atoms with E-state index >= 15 is 0 Å². The summed E-state index contributed by atoms with van der Waals surface area (Å²) in [6.07, 6.45) is 2.21. The molecule has 8 heteroatoms. The van der Waals surface area contributed by atoms with Crippen LogP contribution in [-0.2, 0) is 21.0 Å². The first-order valence-corrected chi connectivity index (χ1v) is 14.6. The van der Waals surface area contributed by atoms with E-state index < -0.39 is 18.3 Å². The molecule has 1 aliphatic heterocycles. The fourth-order valence-electron chi connectivity index (χ4n) is 3.12. The lowest BCUT2D eigenvalue weighted by Gasteiger charge is -2.37. The van der Waals surface area contributed by atoms with E-state index in [2.05, 4.69) is 43.5 Å². The van der Waals surface area contributed by atoms with Gasteiger partial charge in [0.15, 0.2) is 8.32 Å². The molecular weight excluding hydrogens is 392 g/mol. The molecule has 1 heterocycles. The lowest BCUT2D eigenvalue weighted by atomic mass is 9.93. The predicted octanol–water partition coefficient (Wildman–Crippen LogP) is 3.51. The van der Waals surface area contributed by atoms with Crippen LogP contribution in [0.2, 0.25) is 18.1 Å². The van der Waals surface area contributed by atoms with Crippen LogP contribution in [0.5, 0.6) is 5.75 Å². The highest BCUT2D eigenvalue weighted by Crippen LogP contribution is 2.37. The maximum absolute atomic E-state index is 11.5. The number of likely N-dealkylation sites (tertiary alicyclic amines) is 1. The minimum absolute atomic E-state index is 0.198. The molecule has 0 radical (unpaired) electrons. The summed E-state index contributed by atoms with van der Waals surface area (Å²) in [5.41, 5.74) is 2.16. The predicted molar refractivity (Wildman–Crippen MR) is 117 cm³/mol. The molecule has 1 N–H and O–H groups in total. The molecule has 1 aromatic carbocycles. The molecule has 6 nitrogen and oxygen atoms in total. The van der Waals surface area contributed by atoms with Gasteiger partial charge in [0.2, 0.25) is 10.0 Å². The molecule has 0 aliphatic carbocycles. The number of nitrogens with one attached hydrogen (secondary N) is 1. The monoisotopic (exact) mass is 428 g/mol. The minimum atomic E-state index is -3.24. The summed E-state index contributed by atoms with van der Waals surface area (Å²) in [5, 5.41) is 0.198. The van der Waals surface area contributed by atoms with Gasteiger partial charge in [-0.15, -0.1) is 0 Å². The Hall–Kier alpha value is -0.933. The normalized spacial score (nSPS) is 19.2. The second-order valence-electron chi connectivity index (χ2n) is 9.25. The van der Waals surface area contributed by atoms with E-state index in [1.807, 2.05) is 18.2 Å². The first-order chi connectivity index (χ1) is 12.8. The van der Waals surface area contributed by atoms with Crippen molar-refractivity contribution in [3.8, 4) is 5.75 Å². The second kappa shape index (κ2) is 8.83. The lowest BCUT2D eigenvalue weighted by Crippen LogP contribution is -2.43. The molecule has 0 unspecified atom stereocenters. The van der Waals surface area contributed by atoms with Crippen molar-refractivity contribution < 1.29 is 17.6 Å². The number of hydrogen-bond acceptors (Lipinski definition) is 5. The van der Waals surface area contributed by atoms with Gasteiger partial charge >= 0.3 is 0 Å².